The van der Waals surface area contributed by atoms with E-state index in [2.05, 4.69) is 12.1 Å². The Kier molecular flexibility index (Phi) is 3.25. The summed E-state index contributed by atoms with van der Waals surface area (Å²) in [4.78, 5) is 11.6. The Labute approximate surface area is 95.6 Å². The van der Waals surface area contributed by atoms with Gasteiger partial charge >= 0.3 is 5.97 Å². The summed E-state index contributed by atoms with van der Waals surface area (Å²) in [5.41, 5.74) is 8.35. The third-order valence-electron chi connectivity index (χ3n) is 3.41. The van der Waals surface area contributed by atoms with Gasteiger partial charge in [-0.2, -0.15) is 0 Å². The molecule has 3 nitrogen and oxygen atoms in total. The molecule has 1 aliphatic rings. The van der Waals surface area contributed by atoms with Crippen LogP contribution in [0.25, 0.3) is 0 Å². The van der Waals surface area contributed by atoms with Crippen LogP contribution in [-0.4, -0.2) is 19.6 Å². The molecule has 3 heteroatoms. The number of ether oxygens (including phenoxy) is 1. The van der Waals surface area contributed by atoms with Crippen LogP contribution in [0.2, 0.25) is 0 Å². The fourth-order valence-corrected chi connectivity index (χ4v) is 2.51. The minimum absolute atomic E-state index is 0.169. The van der Waals surface area contributed by atoms with E-state index in [1.165, 1.54) is 18.2 Å². The Morgan fingerprint density at radius 2 is 2.00 bits per heavy atom. The lowest BCUT2D eigenvalue weighted by Crippen LogP contribution is -2.32. The number of benzene rings is 1. The van der Waals surface area contributed by atoms with Gasteiger partial charge in [0, 0.05) is 6.54 Å². The SMILES string of the molecule is COC(=O)C(CN)C1Cc2ccccc2C1. The zero-order valence-electron chi connectivity index (χ0n) is 9.48. The first-order chi connectivity index (χ1) is 7.76. The Morgan fingerprint density at radius 1 is 1.44 bits per heavy atom. The fraction of sp³-hybridized carbons (Fsp3) is 0.462. The molecule has 0 amide bonds. The van der Waals surface area contributed by atoms with Crippen molar-refractivity contribution in [2.24, 2.45) is 17.6 Å². The Hall–Kier alpha value is -1.35. The smallest absolute Gasteiger partial charge is 0.310 e. The maximum atomic E-state index is 11.6. The topological polar surface area (TPSA) is 52.3 Å². The normalized spacial score (nSPS) is 16.9. The van der Waals surface area contributed by atoms with E-state index >= 15 is 0 Å². The van der Waals surface area contributed by atoms with Crippen LogP contribution in [0.4, 0.5) is 0 Å². The van der Waals surface area contributed by atoms with E-state index < -0.39 is 0 Å². The van der Waals surface area contributed by atoms with Crippen LogP contribution in [0.15, 0.2) is 24.3 Å². The van der Waals surface area contributed by atoms with Gasteiger partial charge in [0.1, 0.15) is 0 Å². The molecule has 0 heterocycles. The molecule has 1 aromatic rings. The van der Waals surface area contributed by atoms with Crippen LogP contribution in [0.3, 0.4) is 0 Å². The molecule has 1 aromatic carbocycles. The van der Waals surface area contributed by atoms with Gasteiger partial charge in [-0.3, -0.25) is 4.79 Å². The first kappa shape index (κ1) is 11.1. The molecular formula is C13H17NO2. The minimum Gasteiger partial charge on any atom is -0.469 e. The van der Waals surface area contributed by atoms with Gasteiger partial charge < -0.3 is 10.5 Å². The lowest BCUT2D eigenvalue weighted by atomic mass is 9.90. The highest BCUT2D eigenvalue weighted by Crippen LogP contribution is 2.31. The molecule has 1 atom stereocenters. The van der Waals surface area contributed by atoms with Crippen molar-refractivity contribution < 1.29 is 9.53 Å². The van der Waals surface area contributed by atoms with Gasteiger partial charge in [-0.25, -0.2) is 0 Å². The average molecular weight is 219 g/mol. The number of carbonyl (C=O) groups excluding carboxylic acids is 1. The summed E-state index contributed by atoms with van der Waals surface area (Å²) in [5.74, 6) is -0.0486. The van der Waals surface area contributed by atoms with Crippen molar-refractivity contribution in [1.29, 1.82) is 0 Å². The molecule has 2 N–H and O–H groups in total. The number of nitrogens with two attached hydrogens (primary N) is 1. The van der Waals surface area contributed by atoms with Gasteiger partial charge in [0.25, 0.3) is 0 Å². The number of rotatable bonds is 3. The maximum Gasteiger partial charge on any atom is 0.310 e. The van der Waals surface area contributed by atoms with Crippen LogP contribution in [-0.2, 0) is 22.4 Å². The fourth-order valence-electron chi connectivity index (χ4n) is 2.51. The predicted octanol–water partition coefficient (Wildman–Crippen LogP) is 1.15. The van der Waals surface area contributed by atoms with Crippen molar-refractivity contribution in [3.63, 3.8) is 0 Å². The molecule has 2 rings (SSSR count). The molecule has 0 aliphatic heterocycles. The van der Waals surface area contributed by atoms with Gasteiger partial charge in [0.05, 0.1) is 13.0 Å². The number of fused-ring (bicyclic) bond motifs is 1. The van der Waals surface area contributed by atoms with E-state index in [0.717, 1.165) is 12.8 Å². The quantitative estimate of drug-likeness (QED) is 0.776. The predicted molar refractivity (Wildman–Crippen MR) is 61.9 cm³/mol. The highest BCUT2D eigenvalue weighted by Gasteiger charge is 2.32. The molecule has 1 aliphatic carbocycles. The van der Waals surface area contributed by atoms with Crippen molar-refractivity contribution in [3.05, 3.63) is 35.4 Å². The zero-order chi connectivity index (χ0) is 11.5. The van der Waals surface area contributed by atoms with Crippen LogP contribution >= 0.6 is 0 Å². The largest absolute Gasteiger partial charge is 0.469 e. The van der Waals surface area contributed by atoms with Crippen LogP contribution in [0.5, 0.6) is 0 Å². The lowest BCUT2D eigenvalue weighted by molar-refractivity contribution is -0.146. The zero-order valence-corrected chi connectivity index (χ0v) is 9.48. The number of esters is 1. The second kappa shape index (κ2) is 4.66. The van der Waals surface area contributed by atoms with Crippen LogP contribution < -0.4 is 5.73 Å². The van der Waals surface area contributed by atoms with E-state index in [1.54, 1.807) is 0 Å². The second-order valence-electron chi connectivity index (χ2n) is 4.30. The molecule has 1 unspecified atom stereocenters. The minimum atomic E-state index is -0.180. The third-order valence-corrected chi connectivity index (χ3v) is 3.41. The number of hydrogen-bond acceptors (Lipinski definition) is 3. The number of carbonyl (C=O) groups is 1. The standard InChI is InChI=1S/C13H17NO2/c1-16-13(15)12(8-14)11-6-9-4-2-3-5-10(9)7-11/h2-5,11-12H,6-8,14H2,1H3. The molecule has 0 radical (unpaired) electrons. The average Bonchev–Trinajstić information content (AvgIpc) is 2.72. The van der Waals surface area contributed by atoms with Gasteiger partial charge in [-0.15, -0.1) is 0 Å². The van der Waals surface area contributed by atoms with Crippen molar-refractivity contribution in [1.82, 2.24) is 0 Å². The van der Waals surface area contributed by atoms with Crippen molar-refractivity contribution in [2.75, 3.05) is 13.7 Å². The Bertz CT molecular complexity index is 364. The van der Waals surface area contributed by atoms with Gasteiger partial charge in [-0.1, -0.05) is 24.3 Å². The van der Waals surface area contributed by atoms with E-state index in [1.807, 2.05) is 12.1 Å². The van der Waals surface area contributed by atoms with Crippen LogP contribution in [0, 0.1) is 11.8 Å². The summed E-state index contributed by atoms with van der Waals surface area (Å²) < 4.78 is 4.80. The molecule has 0 aromatic heterocycles. The highest BCUT2D eigenvalue weighted by molar-refractivity contribution is 5.73. The van der Waals surface area contributed by atoms with Gasteiger partial charge in [-0.05, 0) is 29.9 Å². The first-order valence-corrected chi connectivity index (χ1v) is 5.61. The molecule has 86 valence electrons. The van der Waals surface area contributed by atoms with E-state index in [4.69, 9.17) is 10.5 Å². The molecular weight excluding hydrogens is 202 g/mol. The molecule has 0 fully saturated rings. The molecule has 0 saturated carbocycles. The third kappa shape index (κ3) is 1.95. The van der Waals surface area contributed by atoms with Gasteiger partial charge in [0.2, 0.25) is 0 Å². The summed E-state index contributed by atoms with van der Waals surface area (Å²) in [6, 6.07) is 8.33. The Balaban J connectivity index is 2.12. The monoisotopic (exact) mass is 219 g/mol. The van der Waals surface area contributed by atoms with Crippen molar-refractivity contribution >= 4 is 5.97 Å². The molecule has 16 heavy (non-hydrogen) atoms. The Morgan fingerprint density at radius 3 is 2.44 bits per heavy atom. The van der Waals surface area contributed by atoms with E-state index in [0.29, 0.717) is 12.5 Å². The lowest BCUT2D eigenvalue weighted by Gasteiger charge is -2.18. The summed E-state index contributed by atoms with van der Waals surface area (Å²) in [6.45, 7) is 0.366. The second-order valence-corrected chi connectivity index (χ2v) is 4.30. The van der Waals surface area contributed by atoms with Crippen molar-refractivity contribution in [2.45, 2.75) is 12.8 Å². The first-order valence-electron chi connectivity index (χ1n) is 5.61. The summed E-state index contributed by atoms with van der Waals surface area (Å²) in [7, 11) is 1.42. The summed E-state index contributed by atoms with van der Waals surface area (Å²) in [6.07, 6.45) is 1.88. The molecule has 0 bridgehead atoms. The maximum absolute atomic E-state index is 11.6. The highest BCUT2D eigenvalue weighted by atomic mass is 16.5. The van der Waals surface area contributed by atoms with E-state index in [9.17, 15) is 4.79 Å². The number of hydrogen-bond donors (Lipinski definition) is 1. The van der Waals surface area contributed by atoms with Gasteiger partial charge in [0.15, 0.2) is 0 Å². The summed E-state index contributed by atoms with van der Waals surface area (Å²) >= 11 is 0. The van der Waals surface area contributed by atoms with Crippen LogP contribution in [0.1, 0.15) is 11.1 Å². The van der Waals surface area contributed by atoms with E-state index in [-0.39, 0.29) is 11.9 Å². The summed E-state index contributed by atoms with van der Waals surface area (Å²) in [5, 5.41) is 0. The number of methoxy groups -OCH3 is 1. The molecule has 0 saturated heterocycles. The van der Waals surface area contributed by atoms with Crippen molar-refractivity contribution in [3.8, 4) is 0 Å². The molecule has 0 spiro atoms.